The summed E-state index contributed by atoms with van der Waals surface area (Å²) >= 11 is 6.05. The topological polar surface area (TPSA) is 63.6 Å². The van der Waals surface area contributed by atoms with Gasteiger partial charge in [0.25, 0.3) is 0 Å². The Kier molecular flexibility index (Phi) is 5.17. The number of hydrogen-bond acceptors (Lipinski definition) is 3. The number of aliphatic carboxylic acids is 1. The van der Waals surface area contributed by atoms with Crippen LogP contribution in [0.15, 0.2) is 42.5 Å². The quantitative estimate of drug-likeness (QED) is 0.829. The fraction of sp³-hybridized carbons (Fsp3) is 0.176. The molecule has 2 aromatic rings. The van der Waals surface area contributed by atoms with E-state index in [0.29, 0.717) is 21.9 Å². The minimum absolute atomic E-state index is 0.123. The van der Waals surface area contributed by atoms with Crippen molar-refractivity contribution in [1.82, 2.24) is 0 Å². The lowest BCUT2D eigenvalue weighted by atomic mass is 9.99. The minimum Gasteiger partial charge on any atom is -0.496 e. The highest BCUT2D eigenvalue weighted by Gasteiger charge is 2.14. The van der Waals surface area contributed by atoms with Gasteiger partial charge in [-0.1, -0.05) is 29.8 Å². The fourth-order valence-electron chi connectivity index (χ4n) is 2.17. The second-order valence-electron chi connectivity index (χ2n) is 4.79. The Balaban J connectivity index is 2.26. The van der Waals surface area contributed by atoms with Crippen LogP contribution in [0.5, 0.6) is 5.75 Å². The second kappa shape index (κ2) is 7.09. The van der Waals surface area contributed by atoms with E-state index in [1.807, 2.05) is 6.07 Å². The third kappa shape index (κ3) is 3.86. The van der Waals surface area contributed by atoms with Crippen molar-refractivity contribution < 1.29 is 19.4 Å². The molecule has 0 aromatic heterocycles. The molecule has 0 unspecified atom stereocenters. The van der Waals surface area contributed by atoms with E-state index in [4.69, 9.17) is 21.4 Å². The van der Waals surface area contributed by atoms with Crippen LogP contribution in [0.25, 0.3) is 0 Å². The minimum atomic E-state index is -0.978. The molecule has 2 aromatic carbocycles. The standard InChI is InChI=1S/C17H15ClO4/c1-22-16-7-6-12(8-13(16)10-17(20)21)15(19)9-11-4-2-3-5-14(11)18/h2-8H,9-10H2,1H3,(H,20,21). The van der Waals surface area contributed by atoms with Gasteiger partial charge in [-0.15, -0.1) is 0 Å². The lowest BCUT2D eigenvalue weighted by Crippen LogP contribution is -2.07. The van der Waals surface area contributed by atoms with Crippen molar-refractivity contribution in [3.8, 4) is 5.75 Å². The summed E-state index contributed by atoms with van der Waals surface area (Å²) in [5, 5.41) is 9.47. The highest BCUT2D eigenvalue weighted by molar-refractivity contribution is 6.31. The number of Topliss-reactive ketones (excluding diaryl/α,β-unsaturated/α-hetero) is 1. The molecule has 4 nitrogen and oxygen atoms in total. The van der Waals surface area contributed by atoms with Crippen LogP contribution in [0.3, 0.4) is 0 Å². The van der Waals surface area contributed by atoms with Crippen molar-refractivity contribution in [3.05, 3.63) is 64.2 Å². The number of rotatable bonds is 6. The fourth-order valence-corrected chi connectivity index (χ4v) is 2.37. The van der Waals surface area contributed by atoms with Crippen LogP contribution in [-0.4, -0.2) is 24.0 Å². The molecule has 22 heavy (non-hydrogen) atoms. The molecule has 114 valence electrons. The van der Waals surface area contributed by atoms with Crippen molar-refractivity contribution >= 4 is 23.4 Å². The van der Waals surface area contributed by atoms with Gasteiger partial charge in [-0.25, -0.2) is 0 Å². The van der Waals surface area contributed by atoms with E-state index in [1.54, 1.807) is 36.4 Å². The summed E-state index contributed by atoms with van der Waals surface area (Å²) < 4.78 is 5.12. The van der Waals surface area contributed by atoms with E-state index in [0.717, 1.165) is 5.56 Å². The monoisotopic (exact) mass is 318 g/mol. The molecule has 0 fully saturated rings. The molecule has 2 rings (SSSR count). The van der Waals surface area contributed by atoms with Crippen LogP contribution in [0, 0.1) is 0 Å². The van der Waals surface area contributed by atoms with Gasteiger partial charge in [0.1, 0.15) is 5.75 Å². The van der Waals surface area contributed by atoms with Gasteiger partial charge in [-0.2, -0.15) is 0 Å². The lowest BCUT2D eigenvalue weighted by Gasteiger charge is -2.09. The number of ether oxygens (including phenoxy) is 1. The van der Waals surface area contributed by atoms with Crippen LogP contribution in [-0.2, 0) is 17.6 Å². The van der Waals surface area contributed by atoms with Gasteiger partial charge in [0.15, 0.2) is 5.78 Å². The summed E-state index contributed by atoms with van der Waals surface area (Å²) in [5.74, 6) is -0.645. The molecular weight excluding hydrogens is 304 g/mol. The van der Waals surface area contributed by atoms with Gasteiger partial charge in [0.2, 0.25) is 0 Å². The van der Waals surface area contributed by atoms with Crippen molar-refractivity contribution in [2.45, 2.75) is 12.8 Å². The molecule has 0 heterocycles. The molecule has 0 atom stereocenters. The molecule has 0 aliphatic rings. The predicted octanol–water partition coefficient (Wildman–Crippen LogP) is 3.40. The van der Waals surface area contributed by atoms with Crippen LogP contribution in [0.1, 0.15) is 21.5 Å². The molecule has 0 aliphatic heterocycles. The molecular formula is C17H15ClO4. The van der Waals surface area contributed by atoms with Gasteiger partial charge in [-0.05, 0) is 29.8 Å². The van der Waals surface area contributed by atoms with Crippen molar-refractivity contribution in [2.75, 3.05) is 7.11 Å². The van der Waals surface area contributed by atoms with Gasteiger partial charge in [-0.3, -0.25) is 9.59 Å². The molecule has 0 bridgehead atoms. The maximum Gasteiger partial charge on any atom is 0.307 e. The molecule has 1 N–H and O–H groups in total. The number of benzene rings is 2. The van der Waals surface area contributed by atoms with Gasteiger partial charge >= 0.3 is 5.97 Å². The number of ketones is 1. The van der Waals surface area contributed by atoms with Crippen molar-refractivity contribution in [1.29, 1.82) is 0 Å². The summed E-state index contributed by atoms with van der Waals surface area (Å²) in [7, 11) is 1.46. The zero-order chi connectivity index (χ0) is 16.1. The first-order valence-electron chi connectivity index (χ1n) is 6.66. The SMILES string of the molecule is COc1ccc(C(=O)Cc2ccccc2Cl)cc1CC(=O)O. The zero-order valence-corrected chi connectivity index (χ0v) is 12.8. The number of methoxy groups -OCH3 is 1. The first-order valence-corrected chi connectivity index (χ1v) is 7.04. The van der Waals surface area contributed by atoms with Crippen molar-refractivity contribution in [3.63, 3.8) is 0 Å². The first-order chi connectivity index (χ1) is 10.5. The number of carboxylic acid groups (broad SMARTS) is 1. The molecule has 0 radical (unpaired) electrons. The Bertz CT molecular complexity index is 710. The van der Waals surface area contributed by atoms with E-state index in [-0.39, 0.29) is 18.6 Å². The average molecular weight is 319 g/mol. The molecule has 0 saturated heterocycles. The summed E-state index contributed by atoms with van der Waals surface area (Å²) in [6, 6.07) is 11.9. The Labute approximate surface area is 133 Å². The maximum atomic E-state index is 12.4. The number of carbonyl (C=O) groups excluding carboxylic acids is 1. The summed E-state index contributed by atoms with van der Waals surface area (Å²) in [6.07, 6.45) is -0.0328. The second-order valence-corrected chi connectivity index (χ2v) is 5.20. The van der Waals surface area contributed by atoms with E-state index >= 15 is 0 Å². The summed E-state index contributed by atoms with van der Waals surface area (Å²) in [6.45, 7) is 0. The molecule has 5 heteroatoms. The summed E-state index contributed by atoms with van der Waals surface area (Å²) in [5.41, 5.74) is 1.65. The number of carbonyl (C=O) groups is 2. The van der Waals surface area contributed by atoms with Gasteiger partial charge < -0.3 is 9.84 Å². The highest BCUT2D eigenvalue weighted by atomic mass is 35.5. The average Bonchev–Trinajstić information content (AvgIpc) is 2.49. The third-order valence-electron chi connectivity index (χ3n) is 3.25. The van der Waals surface area contributed by atoms with Crippen LogP contribution >= 0.6 is 11.6 Å². The Morgan fingerprint density at radius 3 is 2.45 bits per heavy atom. The zero-order valence-electron chi connectivity index (χ0n) is 12.0. The number of carboxylic acids is 1. The molecule has 0 amide bonds. The van der Waals surface area contributed by atoms with E-state index in [1.165, 1.54) is 7.11 Å². The van der Waals surface area contributed by atoms with E-state index < -0.39 is 5.97 Å². The van der Waals surface area contributed by atoms with Crippen LogP contribution in [0.4, 0.5) is 0 Å². The Morgan fingerprint density at radius 2 is 1.82 bits per heavy atom. The lowest BCUT2D eigenvalue weighted by molar-refractivity contribution is -0.136. The highest BCUT2D eigenvalue weighted by Crippen LogP contribution is 2.23. The van der Waals surface area contributed by atoms with Crippen LogP contribution < -0.4 is 4.74 Å². The largest absolute Gasteiger partial charge is 0.496 e. The Morgan fingerprint density at radius 1 is 1.09 bits per heavy atom. The van der Waals surface area contributed by atoms with E-state index in [9.17, 15) is 9.59 Å². The van der Waals surface area contributed by atoms with E-state index in [2.05, 4.69) is 0 Å². The van der Waals surface area contributed by atoms with Gasteiger partial charge in [0.05, 0.1) is 13.5 Å². The van der Waals surface area contributed by atoms with Gasteiger partial charge in [0, 0.05) is 22.6 Å². The smallest absolute Gasteiger partial charge is 0.307 e. The summed E-state index contributed by atoms with van der Waals surface area (Å²) in [4.78, 5) is 23.3. The number of halogens is 1. The normalized spacial score (nSPS) is 10.3. The Hall–Kier alpha value is -2.33. The molecule has 0 spiro atoms. The molecule has 0 aliphatic carbocycles. The van der Waals surface area contributed by atoms with Crippen molar-refractivity contribution in [2.24, 2.45) is 0 Å². The maximum absolute atomic E-state index is 12.4. The third-order valence-corrected chi connectivity index (χ3v) is 3.62. The first kappa shape index (κ1) is 16.0. The predicted molar refractivity (Wildman–Crippen MR) is 83.8 cm³/mol. The number of hydrogen-bond donors (Lipinski definition) is 1. The molecule has 0 saturated carbocycles. The van der Waals surface area contributed by atoms with Crippen LogP contribution in [0.2, 0.25) is 5.02 Å².